The maximum absolute atomic E-state index is 12.2. The molecule has 0 unspecified atom stereocenters. The zero-order chi connectivity index (χ0) is 17.0. The van der Waals surface area contributed by atoms with Crippen LogP contribution in [0.1, 0.15) is 18.4 Å². The Morgan fingerprint density at radius 3 is 2.79 bits per heavy atom. The van der Waals surface area contributed by atoms with Crippen LogP contribution in [0.25, 0.3) is 0 Å². The van der Waals surface area contributed by atoms with Gasteiger partial charge >= 0.3 is 0 Å². The number of benzene rings is 1. The highest BCUT2D eigenvalue weighted by Gasteiger charge is 2.25. The molecule has 7 heteroatoms. The topological polar surface area (TPSA) is 67.2 Å². The summed E-state index contributed by atoms with van der Waals surface area (Å²) >= 11 is 0. The largest absolute Gasteiger partial charge is 0.297 e. The van der Waals surface area contributed by atoms with Crippen LogP contribution in [0, 0.1) is 6.92 Å². The molecule has 130 valence electrons. The van der Waals surface area contributed by atoms with E-state index in [0.29, 0.717) is 17.5 Å². The molecular formula is C17H24N4O2S. The van der Waals surface area contributed by atoms with E-state index < -0.39 is 10.0 Å². The summed E-state index contributed by atoms with van der Waals surface area (Å²) in [6.45, 7) is 5.05. The SMILES string of the molecule is Cc1cnn(C[C@@H]2CCCN2CCNS(=O)(=O)c2ccccc2)c1. The van der Waals surface area contributed by atoms with E-state index in [1.807, 2.05) is 23.9 Å². The highest BCUT2D eigenvalue weighted by atomic mass is 32.2. The number of nitrogens with one attached hydrogen (secondary N) is 1. The lowest BCUT2D eigenvalue weighted by Crippen LogP contribution is -2.39. The molecule has 0 bridgehead atoms. The van der Waals surface area contributed by atoms with Crippen LogP contribution in [-0.4, -0.2) is 48.8 Å². The Morgan fingerprint density at radius 2 is 2.08 bits per heavy atom. The van der Waals surface area contributed by atoms with E-state index >= 15 is 0 Å². The Balaban J connectivity index is 1.52. The molecule has 0 saturated carbocycles. The van der Waals surface area contributed by atoms with Crippen LogP contribution in [0.2, 0.25) is 0 Å². The Bertz CT molecular complexity index is 758. The average molecular weight is 348 g/mol. The van der Waals surface area contributed by atoms with E-state index in [1.54, 1.807) is 24.3 Å². The minimum Gasteiger partial charge on any atom is -0.297 e. The molecule has 0 amide bonds. The predicted octanol–water partition coefficient (Wildman–Crippen LogP) is 1.63. The van der Waals surface area contributed by atoms with Crippen molar-refractivity contribution < 1.29 is 8.42 Å². The summed E-state index contributed by atoms with van der Waals surface area (Å²) in [4.78, 5) is 2.67. The van der Waals surface area contributed by atoms with Crippen molar-refractivity contribution in [3.05, 3.63) is 48.3 Å². The summed E-state index contributed by atoms with van der Waals surface area (Å²) in [5.74, 6) is 0. The van der Waals surface area contributed by atoms with E-state index in [0.717, 1.165) is 38.0 Å². The summed E-state index contributed by atoms with van der Waals surface area (Å²) in [6, 6.07) is 8.92. The van der Waals surface area contributed by atoms with Crippen LogP contribution >= 0.6 is 0 Å². The smallest absolute Gasteiger partial charge is 0.240 e. The van der Waals surface area contributed by atoms with Gasteiger partial charge in [-0.3, -0.25) is 9.58 Å². The number of hydrogen-bond donors (Lipinski definition) is 1. The van der Waals surface area contributed by atoms with Crippen molar-refractivity contribution in [2.45, 2.75) is 37.2 Å². The van der Waals surface area contributed by atoms with Gasteiger partial charge in [0.1, 0.15) is 0 Å². The van der Waals surface area contributed by atoms with Crippen LogP contribution in [0.4, 0.5) is 0 Å². The van der Waals surface area contributed by atoms with Crippen molar-refractivity contribution in [1.82, 2.24) is 19.4 Å². The molecule has 1 saturated heterocycles. The Kier molecular flexibility index (Phi) is 5.33. The van der Waals surface area contributed by atoms with Crippen molar-refractivity contribution in [2.24, 2.45) is 0 Å². The number of hydrogen-bond acceptors (Lipinski definition) is 4. The fraction of sp³-hybridized carbons (Fsp3) is 0.471. The van der Waals surface area contributed by atoms with Crippen molar-refractivity contribution in [3.63, 3.8) is 0 Å². The third-order valence-electron chi connectivity index (χ3n) is 4.40. The normalized spacial score (nSPS) is 19.0. The quantitative estimate of drug-likeness (QED) is 0.826. The van der Waals surface area contributed by atoms with Crippen LogP contribution in [0.3, 0.4) is 0 Å². The predicted molar refractivity (Wildman–Crippen MR) is 93.2 cm³/mol. The molecule has 2 aromatic rings. The number of sulfonamides is 1. The summed E-state index contributed by atoms with van der Waals surface area (Å²) in [7, 11) is -3.42. The monoisotopic (exact) mass is 348 g/mol. The van der Waals surface area contributed by atoms with Gasteiger partial charge in [0.25, 0.3) is 0 Å². The number of likely N-dealkylation sites (tertiary alicyclic amines) is 1. The molecule has 1 aromatic heterocycles. The summed E-state index contributed by atoms with van der Waals surface area (Å²) < 4.78 is 29.2. The fourth-order valence-corrected chi connectivity index (χ4v) is 4.23. The van der Waals surface area contributed by atoms with E-state index in [-0.39, 0.29) is 0 Å². The number of rotatable bonds is 7. The second-order valence-corrected chi connectivity index (χ2v) is 8.05. The van der Waals surface area contributed by atoms with Gasteiger partial charge in [-0.05, 0) is 44.0 Å². The third kappa shape index (κ3) is 4.23. The van der Waals surface area contributed by atoms with Gasteiger partial charge in [-0.25, -0.2) is 13.1 Å². The van der Waals surface area contributed by atoms with Crippen molar-refractivity contribution >= 4 is 10.0 Å². The molecule has 1 aliphatic rings. The maximum atomic E-state index is 12.2. The summed E-state index contributed by atoms with van der Waals surface area (Å²) in [6.07, 6.45) is 6.20. The number of nitrogens with zero attached hydrogens (tertiary/aromatic N) is 3. The van der Waals surface area contributed by atoms with Crippen molar-refractivity contribution in [1.29, 1.82) is 0 Å². The first-order chi connectivity index (χ1) is 11.5. The van der Waals surface area contributed by atoms with Crippen LogP contribution in [0.15, 0.2) is 47.6 Å². The molecule has 3 rings (SSSR count). The van der Waals surface area contributed by atoms with Gasteiger partial charge in [-0.1, -0.05) is 18.2 Å². The fourth-order valence-electron chi connectivity index (χ4n) is 3.19. The number of aromatic nitrogens is 2. The molecule has 24 heavy (non-hydrogen) atoms. The van der Waals surface area contributed by atoms with Gasteiger partial charge in [0.15, 0.2) is 0 Å². The van der Waals surface area contributed by atoms with Gasteiger partial charge in [-0.15, -0.1) is 0 Å². The maximum Gasteiger partial charge on any atom is 0.240 e. The average Bonchev–Trinajstić information content (AvgIpc) is 3.18. The first kappa shape index (κ1) is 17.1. The lowest BCUT2D eigenvalue weighted by molar-refractivity contribution is 0.231. The third-order valence-corrected chi connectivity index (χ3v) is 5.88. The minimum atomic E-state index is -3.42. The second kappa shape index (κ2) is 7.46. The molecule has 1 aromatic carbocycles. The Hall–Kier alpha value is -1.70. The van der Waals surface area contributed by atoms with Gasteiger partial charge in [-0.2, -0.15) is 5.10 Å². The Labute approximate surface area is 143 Å². The molecule has 1 N–H and O–H groups in total. The standard InChI is InChI=1S/C17H24N4O2S/c1-15-12-18-21(13-15)14-16-6-5-10-20(16)11-9-19-24(22,23)17-7-3-2-4-8-17/h2-4,7-8,12-13,16,19H,5-6,9-11,14H2,1H3/t16-/m0/s1. The van der Waals surface area contributed by atoms with E-state index in [1.165, 1.54) is 0 Å². The van der Waals surface area contributed by atoms with Crippen molar-refractivity contribution in [2.75, 3.05) is 19.6 Å². The van der Waals surface area contributed by atoms with E-state index in [2.05, 4.69) is 20.9 Å². The molecular weight excluding hydrogens is 324 g/mol. The van der Waals surface area contributed by atoms with E-state index in [4.69, 9.17) is 0 Å². The molecule has 1 atom stereocenters. The molecule has 0 radical (unpaired) electrons. The molecule has 0 spiro atoms. The zero-order valence-electron chi connectivity index (χ0n) is 13.9. The second-order valence-electron chi connectivity index (χ2n) is 6.28. The van der Waals surface area contributed by atoms with E-state index in [9.17, 15) is 8.42 Å². The van der Waals surface area contributed by atoms with Gasteiger partial charge in [0, 0.05) is 25.3 Å². The molecule has 6 nitrogen and oxygen atoms in total. The summed E-state index contributed by atoms with van der Waals surface area (Å²) in [5, 5.41) is 4.35. The highest BCUT2D eigenvalue weighted by Crippen LogP contribution is 2.18. The van der Waals surface area contributed by atoms with Gasteiger partial charge in [0.2, 0.25) is 10.0 Å². The lowest BCUT2D eigenvalue weighted by atomic mass is 10.2. The first-order valence-electron chi connectivity index (χ1n) is 8.32. The lowest BCUT2D eigenvalue weighted by Gasteiger charge is -2.24. The molecule has 0 aliphatic carbocycles. The molecule has 1 fully saturated rings. The zero-order valence-corrected chi connectivity index (χ0v) is 14.7. The van der Waals surface area contributed by atoms with Gasteiger partial charge in [0.05, 0.1) is 17.6 Å². The van der Waals surface area contributed by atoms with Crippen LogP contribution < -0.4 is 4.72 Å². The first-order valence-corrected chi connectivity index (χ1v) is 9.81. The van der Waals surface area contributed by atoms with Crippen LogP contribution in [0.5, 0.6) is 0 Å². The van der Waals surface area contributed by atoms with Crippen LogP contribution in [-0.2, 0) is 16.6 Å². The highest BCUT2D eigenvalue weighted by molar-refractivity contribution is 7.89. The summed E-state index contributed by atoms with van der Waals surface area (Å²) in [5.41, 5.74) is 1.16. The number of aryl methyl sites for hydroxylation is 1. The van der Waals surface area contributed by atoms with Gasteiger partial charge < -0.3 is 0 Å². The Morgan fingerprint density at radius 1 is 1.29 bits per heavy atom. The minimum absolute atomic E-state index is 0.315. The van der Waals surface area contributed by atoms with Crippen molar-refractivity contribution in [3.8, 4) is 0 Å². The molecule has 1 aliphatic heterocycles. The molecule has 2 heterocycles.